The van der Waals surface area contributed by atoms with Crippen LogP contribution in [0.4, 0.5) is 11.6 Å². The maximum atomic E-state index is 12.5. The molecular weight excluding hydrogens is 376 g/mol. The number of carbonyl (C=O) groups is 2. The van der Waals surface area contributed by atoms with E-state index in [1.807, 2.05) is 18.2 Å². The predicted octanol–water partition coefficient (Wildman–Crippen LogP) is 4.31. The molecule has 28 heavy (non-hydrogen) atoms. The highest BCUT2D eigenvalue weighted by molar-refractivity contribution is 6.31. The van der Waals surface area contributed by atoms with E-state index in [-0.39, 0.29) is 17.4 Å². The summed E-state index contributed by atoms with van der Waals surface area (Å²) in [4.78, 5) is 32.5. The Morgan fingerprint density at radius 1 is 1.04 bits per heavy atom. The van der Waals surface area contributed by atoms with Crippen molar-refractivity contribution in [1.29, 1.82) is 0 Å². The van der Waals surface area contributed by atoms with Gasteiger partial charge in [-0.25, -0.2) is 9.97 Å². The number of nitrogens with one attached hydrogen (secondary N) is 2. The predicted molar refractivity (Wildman–Crippen MR) is 109 cm³/mol. The Bertz CT molecular complexity index is 1020. The molecule has 0 bridgehead atoms. The van der Waals surface area contributed by atoms with Gasteiger partial charge in [-0.2, -0.15) is 0 Å². The molecule has 142 valence electrons. The van der Waals surface area contributed by atoms with Crippen LogP contribution in [-0.2, 0) is 6.54 Å². The number of halogens is 1. The smallest absolute Gasteiger partial charge is 0.270 e. The first-order valence-electron chi connectivity index (χ1n) is 8.67. The number of nitrogens with zero attached hydrogens (tertiary/aromatic N) is 2. The summed E-state index contributed by atoms with van der Waals surface area (Å²) in [6.45, 7) is 3.60. The molecule has 1 amide bonds. The first-order valence-corrected chi connectivity index (χ1v) is 9.05. The molecule has 0 aliphatic carbocycles. The topological polar surface area (TPSA) is 84.0 Å². The molecule has 0 aliphatic rings. The van der Waals surface area contributed by atoms with Crippen molar-refractivity contribution in [3.63, 3.8) is 0 Å². The summed E-state index contributed by atoms with van der Waals surface area (Å²) in [5.74, 6) is -0.0188. The standard InChI is InChI=1S/C21H19ClN4O2/c1-13-11-19(20(28)23-12-16-5-3-4-6-18(16)22)26-21(24-13)25-17-9-7-15(8-10-17)14(2)27/h3-11H,12H2,1-2H3,(H,23,28)(H,24,25,26). The van der Waals surface area contributed by atoms with E-state index in [1.165, 1.54) is 6.92 Å². The van der Waals surface area contributed by atoms with Gasteiger partial charge in [0.2, 0.25) is 5.95 Å². The quantitative estimate of drug-likeness (QED) is 0.608. The largest absolute Gasteiger partial charge is 0.347 e. The number of amides is 1. The van der Waals surface area contributed by atoms with E-state index in [0.717, 1.165) is 11.3 Å². The van der Waals surface area contributed by atoms with Crippen LogP contribution in [0.25, 0.3) is 0 Å². The van der Waals surface area contributed by atoms with Gasteiger partial charge in [0, 0.05) is 28.5 Å². The van der Waals surface area contributed by atoms with E-state index in [1.54, 1.807) is 43.3 Å². The van der Waals surface area contributed by atoms with Gasteiger partial charge in [0.25, 0.3) is 5.91 Å². The second-order valence-corrected chi connectivity index (χ2v) is 6.66. The van der Waals surface area contributed by atoms with Crippen LogP contribution in [0.15, 0.2) is 54.6 Å². The Morgan fingerprint density at radius 2 is 1.75 bits per heavy atom. The zero-order chi connectivity index (χ0) is 20.1. The maximum absolute atomic E-state index is 12.5. The average molecular weight is 395 g/mol. The van der Waals surface area contributed by atoms with E-state index < -0.39 is 0 Å². The lowest BCUT2D eigenvalue weighted by Gasteiger charge is -2.10. The zero-order valence-corrected chi connectivity index (χ0v) is 16.2. The molecule has 0 aliphatic heterocycles. The van der Waals surface area contributed by atoms with E-state index in [9.17, 15) is 9.59 Å². The molecule has 3 aromatic rings. The average Bonchev–Trinajstić information content (AvgIpc) is 2.67. The van der Waals surface area contributed by atoms with Crippen molar-refractivity contribution in [2.45, 2.75) is 20.4 Å². The lowest BCUT2D eigenvalue weighted by atomic mass is 10.1. The Hall–Kier alpha value is -3.25. The highest BCUT2D eigenvalue weighted by Gasteiger charge is 2.11. The molecule has 0 atom stereocenters. The van der Waals surface area contributed by atoms with Crippen molar-refractivity contribution in [3.8, 4) is 0 Å². The molecule has 0 saturated heterocycles. The van der Waals surface area contributed by atoms with Gasteiger partial charge in [-0.3, -0.25) is 9.59 Å². The third kappa shape index (κ3) is 4.92. The Morgan fingerprint density at radius 3 is 2.43 bits per heavy atom. The van der Waals surface area contributed by atoms with Crippen LogP contribution in [0.2, 0.25) is 5.02 Å². The number of rotatable bonds is 6. The van der Waals surface area contributed by atoms with Gasteiger partial charge in [-0.05, 0) is 55.8 Å². The minimum absolute atomic E-state index is 0.00386. The minimum Gasteiger partial charge on any atom is -0.347 e. The van der Waals surface area contributed by atoms with E-state index >= 15 is 0 Å². The van der Waals surface area contributed by atoms with Crippen molar-refractivity contribution < 1.29 is 9.59 Å². The van der Waals surface area contributed by atoms with Crippen LogP contribution in [0, 0.1) is 6.92 Å². The lowest BCUT2D eigenvalue weighted by Crippen LogP contribution is -2.24. The van der Waals surface area contributed by atoms with Crippen molar-refractivity contribution in [1.82, 2.24) is 15.3 Å². The molecule has 7 heteroatoms. The maximum Gasteiger partial charge on any atom is 0.270 e. The second kappa shape index (κ2) is 8.63. The SMILES string of the molecule is CC(=O)c1ccc(Nc2nc(C)cc(C(=O)NCc3ccccc3Cl)n2)cc1. The lowest BCUT2D eigenvalue weighted by molar-refractivity contribution is 0.0945. The third-order valence-corrected chi connectivity index (χ3v) is 4.40. The van der Waals surface area contributed by atoms with Crippen molar-refractivity contribution in [2.75, 3.05) is 5.32 Å². The molecule has 0 radical (unpaired) electrons. The normalized spacial score (nSPS) is 10.4. The van der Waals surface area contributed by atoms with Crippen LogP contribution in [0.3, 0.4) is 0 Å². The Kier molecular flexibility index (Phi) is 6.01. The molecule has 2 aromatic carbocycles. The van der Waals surface area contributed by atoms with Gasteiger partial charge in [-0.15, -0.1) is 0 Å². The van der Waals surface area contributed by atoms with Crippen molar-refractivity contribution in [2.24, 2.45) is 0 Å². The third-order valence-electron chi connectivity index (χ3n) is 4.03. The molecule has 2 N–H and O–H groups in total. The van der Waals surface area contributed by atoms with E-state index in [0.29, 0.717) is 28.8 Å². The summed E-state index contributed by atoms with van der Waals surface area (Å²) in [5, 5.41) is 6.47. The van der Waals surface area contributed by atoms with Crippen LogP contribution in [0.1, 0.15) is 39.0 Å². The van der Waals surface area contributed by atoms with Gasteiger partial charge < -0.3 is 10.6 Å². The van der Waals surface area contributed by atoms with Crippen LogP contribution < -0.4 is 10.6 Å². The number of ketones is 1. The number of aromatic nitrogens is 2. The molecule has 0 fully saturated rings. The van der Waals surface area contributed by atoms with Crippen molar-refractivity contribution >= 4 is 34.9 Å². The molecule has 6 nitrogen and oxygen atoms in total. The molecule has 0 spiro atoms. The summed E-state index contributed by atoms with van der Waals surface area (Å²) in [7, 11) is 0. The first-order chi connectivity index (χ1) is 13.4. The fourth-order valence-electron chi connectivity index (χ4n) is 2.57. The molecule has 1 heterocycles. The zero-order valence-electron chi connectivity index (χ0n) is 15.5. The molecule has 3 rings (SSSR count). The van der Waals surface area contributed by atoms with E-state index in [4.69, 9.17) is 11.6 Å². The van der Waals surface area contributed by atoms with E-state index in [2.05, 4.69) is 20.6 Å². The molecule has 0 unspecified atom stereocenters. The van der Waals surface area contributed by atoms with Gasteiger partial charge in [0.15, 0.2) is 5.78 Å². The number of Topliss-reactive ketones (excluding diaryl/α,β-unsaturated/α-hetero) is 1. The monoisotopic (exact) mass is 394 g/mol. The number of hydrogen-bond acceptors (Lipinski definition) is 5. The van der Waals surface area contributed by atoms with Crippen molar-refractivity contribution in [3.05, 3.63) is 82.1 Å². The summed E-state index contributed by atoms with van der Waals surface area (Å²) in [6.07, 6.45) is 0. The van der Waals surface area contributed by atoms with Gasteiger partial charge in [0.05, 0.1) is 0 Å². The summed E-state index contributed by atoms with van der Waals surface area (Å²) < 4.78 is 0. The Balaban J connectivity index is 1.72. The van der Waals surface area contributed by atoms with Crippen LogP contribution in [-0.4, -0.2) is 21.7 Å². The summed E-state index contributed by atoms with van der Waals surface area (Å²) in [6, 6.07) is 15.9. The minimum atomic E-state index is -0.319. The van der Waals surface area contributed by atoms with Gasteiger partial charge in [-0.1, -0.05) is 29.8 Å². The molecular formula is C21H19ClN4O2. The van der Waals surface area contributed by atoms with Gasteiger partial charge >= 0.3 is 0 Å². The first kappa shape index (κ1) is 19.5. The highest BCUT2D eigenvalue weighted by Crippen LogP contribution is 2.16. The second-order valence-electron chi connectivity index (χ2n) is 6.25. The summed E-state index contributed by atoms with van der Waals surface area (Å²) in [5.41, 5.74) is 3.07. The van der Waals surface area contributed by atoms with Crippen LogP contribution >= 0.6 is 11.6 Å². The van der Waals surface area contributed by atoms with Crippen LogP contribution in [0.5, 0.6) is 0 Å². The van der Waals surface area contributed by atoms with Gasteiger partial charge in [0.1, 0.15) is 5.69 Å². The molecule has 0 saturated carbocycles. The highest BCUT2D eigenvalue weighted by atomic mass is 35.5. The summed E-state index contributed by atoms with van der Waals surface area (Å²) >= 11 is 6.12. The number of anilines is 2. The fraction of sp³-hybridized carbons (Fsp3) is 0.143. The fourth-order valence-corrected chi connectivity index (χ4v) is 2.77. The number of benzene rings is 2. The number of hydrogen-bond donors (Lipinski definition) is 2. The number of aryl methyl sites for hydroxylation is 1. The number of carbonyl (C=O) groups excluding carboxylic acids is 2. The molecule has 1 aromatic heterocycles. The Labute approximate surface area is 168 Å².